The zero-order chi connectivity index (χ0) is 20.7. The van der Waals surface area contributed by atoms with Gasteiger partial charge in [-0.25, -0.2) is 0 Å². The molecule has 1 fully saturated rings. The molecule has 29 heavy (non-hydrogen) atoms. The van der Waals surface area contributed by atoms with E-state index in [1.807, 2.05) is 42.6 Å². The molecule has 3 heterocycles. The maximum absolute atomic E-state index is 6.43. The monoisotopic (exact) mass is 426 g/mol. The molecule has 1 saturated heterocycles. The zero-order valence-electron chi connectivity index (χ0n) is 16.8. The van der Waals surface area contributed by atoms with Gasteiger partial charge in [-0.2, -0.15) is 0 Å². The van der Waals surface area contributed by atoms with Gasteiger partial charge in [-0.15, -0.1) is 0 Å². The predicted molar refractivity (Wildman–Crippen MR) is 121 cm³/mol. The van der Waals surface area contributed by atoms with Crippen LogP contribution in [-0.2, 0) is 7.05 Å². The highest BCUT2D eigenvalue weighted by atomic mass is 35.5. The molecule has 1 N–H and O–H groups in total. The van der Waals surface area contributed by atoms with Crippen LogP contribution in [0.5, 0.6) is 5.75 Å². The molecular weight excluding hydrogens is 404 g/mol. The van der Waals surface area contributed by atoms with Gasteiger partial charge in [0.1, 0.15) is 5.75 Å². The summed E-state index contributed by atoms with van der Waals surface area (Å²) >= 11 is 12.2. The summed E-state index contributed by atoms with van der Waals surface area (Å²) in [5, 5.41) is 4.68. The number of halogens is 1. The van der Waals surface area contributed by atoms with Gasteiger partial charge in [0.2, 0.25) is 0 Å². The Labute approximate surface area is 181 Å². The van der Waals surface area contributed by atoms with Crippen LogP contribution in [0, 0.1) is 13.8 Å². The molecule has 0 spiro atoms. The summed E-state index contributed by atoms with van der Waals surface area (Å²) in [6.07, 6.45) is 1.81. The fraction of sp³-hybridized carbons (Fsp3) is 0.273. The minimum atomic E-state index is -0.0786. The van der Waals surface area contributed by atoms with Crippen molar-refractivity contribution < 1.29 is 4.74 Å². The van der Waals surface area contributed by atoms with Crippen LogP contribution in [0.4, 0.5) is 5.69 Å². The molecule has 0 unspecified atom stereocenters. The molecule has 0 aliphatic carbocycles. The first-order chi connectivity index (χ1) is 13.9. The van der Waals surface area contributed by atoms with E-state index in [4.69, 9.17) is 28.6 Å². The Bertz CT molecular complexity index is 1070. The van der Waals surface area contributed by atoms with Crippen LogP contribution in [0.1, 0.15) is 34.7 Å². The fourth-order valence-electron chi connectivity index (χ4n) is 3.94. The average molecular weight is 427 g/mol. The van der Waals surface area contributed by atoms with Crippen molar-refractivity contribution in [1.29, 1.82) is 0 Å². The van der Waals surface area contributed by atoms with Crippen molar-refractivity contribution in [1.82, 2.24) is 14.9 Å². The van der Waals surface area contributed by atoms with Crippen molar-refractivity contribution in [3.05, 3.63) is 76.3 Å². The van der Waals surface area contributed by atoms with Gasteiger partial charge in [-0.3, -0.25) is 4.98 Å². The minimum Gasteiger partial charge on any atom is -0.495 e. The first-order valence-corrected chi connectivity index (χ1v) is 10.2. The van der Waals surface area contributed by atoms with E-state index in [0.29, 0.717) is 15.9 Å². The summed E-state index contributed by atoms with van der Waals surface area (Å²) in [5.74, 6) is 0.637. The summed E-state index contributed by atoms with van der Waals surface area (Å²) in [6, 6.07) is 13.8. The van der Waals surface area contributed by atoms with Crippen LogP contribution in [-0.4, -0.2) is 21.8 Å². The van der Waals surface area contributed by atoms with Crippen LogP contribution >= 0.6 is 23.8 Å². The number of methoxy groups -OCH3 is 1. The van der Waals surface area contributed by atoms with Crippen LogP contribution in [0.15, 0.2) is 48.7 Å². The molecule has 0 radical (unpaired) electrons. The van der Waals surface area contributed by atoms with Crippen molar-refractivity contribution in [2.24, 2.45) is 7.05 Å². The molecule has 150 valence electrons. The van der Waals surface area contributed by atoms with Gasteiger partial charge in [-0.1, -0.05) is 17.7 Å². The van der Waals surface area contributed by atoms with Gasteiger partial charge in [0.25, 0.3) is 0 Å². The molecule has 7 heteroatoms. The highest BCUT2D eigenvalue weighted by molar-refractivity contribution is 7.80. The van der Waals surface area contributed by atoms with Gasteiger partial charge >= 0.3 is 0 Å². The Morgan fingerprint density at radius 1 is 1.17 bits per heavy atom. The number of hydrogen-bond donors (Lipinski definition) is 1. The Morgan fingerprint density at radius 2 is 1.97 bits per heavy atom. The minimum absolute atomic E-state index is 0.0539. The van der Waals surface area contributed by atoms with Gasteiger partial charge in [-0.05, 0) is 68.0 Å². The normalized spacial score (nSPS) is 18.8. The second kappa shape index (κ2) is 7.69. The quantitative estimate of drug-likeness (QED) is 0.602. The van der Waals surface area contributed by atoms with Gasteiger partial charge < -0.3 is 19.5 Å². The van der Waals surface area contributed by atoms with E-state index in [1.54, 1.807) is 7.11 Å². The SMILES string of the molecule is COc1ccc(N2C(=S)N[C@H](c3ccccn3)[C@H]2c2cc(C)n(C)c2C)cc1Cl. The van der Waals surface area contributed by atoms with E-state index in [9.17, 15) is 0 Å². The molecule has 2 atom stereocenters. The summed E-state index contributed by atoms with van der Waals surface area (Å²) in [6.45, 7) is 4.25. The second-order valence-electron chi connectivity index (χ2n) is 7.20. The molecule has 2 aromatic heterocycles. The Hall–Kier alpha value is -2.57. The topological polar surface area (TPSA) is 42.3 Å². The standard InChI is InChI=1S/C22H23ClN4OS/c1-13-11-16(14(2)26(13)3)21-20(18-7-5-6-10-24-18)25-22(29)27(21)15-8-9-19(28-4)17(23)12-15/h5-12,20-21H,1-4H3,(H,25,29)/t20-,21-/m1/s1. The molecule has 0 amide bonds. The lowest BCUT2D eigenvalue weighted by Gasteiger charge is -2.28. The lowest BCUT2D eigenvalue weighted by molar-refractivity contribution is 0.415. The third kappa shape index (κ3) is 3.36. The van der Waals surface area contributed by atoms with Crippen molar-refractivity contribution in [3.63, 3.8) is 0 Å². The molecule has 0 bridgehead atoms. The number of aryl methyl sites for hydroxylation is 1. The molecule has 5 nitrogen and oxygen atoms in total. The van der Waals surface area contributed by atoms with E-state index in [2.05, 4.69) is 46.7 Å². The maximum Gasteiger partial charge on any atom is 0.174 e. The number of nitrogens with zero attached hydrogens (tertiary/aromatic N) is 3. The Balaban J connectivity index is 1.87. The van der Waals surface area contributed by atoms with E-state index in [0.717, 1.165) is 11.4 Å². The number of hydrogen-bond acceptors (Lipinski definition) is 3. The van der Waals surface area contributed by atoms with Gasteiger partial charge in [0.15, 0.2) is 5.11 Å². The van der Waals surface area contributed by atoms with Crippen molar-refractivity contribution in [3.8, 4) is 5.75 Å². The van der Waals surface area contributed by atoms with Crippen molar-refractivity contribution in [2.75, 3.05) is 12.0 Å². The summed E-state index contributed by atoms with van der Waals surface area (Å²) < 4.78 is 7.52. The number of thiocarbonyl (C=S) groups is 1. The third-order valence-electron chi connectivity index (χ3n) is 5.64. The van der Waals surface area contributed by atoms with Crippen LogP contribution in [0.25, 0.3) is 0 Å². The lowest BCUT2D eigenvalue weighted by Crippen LogP contribution is -2.29. The number of aromatic nitrogens is 2. The zero-order valence-corrected chi connectivity index (χ0v) is 18.4. The predicted octanol–water partition coefficient (Wildman–Crippen LogP) is 4.88. The third-order valence-corrected chi connectivity index (χ3v) is 6.25. The number of nitrogens with one attached hydrogen (secondary N) is 1. The number of anilines is 1. The Morgan fingerprint density at radius 3 is 2.55 bits per heavy atom. The first-order valence-electron chi connectivity index (χ1n) is 9.39. The van der Waals surface area contributed by atoms with E-state index < -0.39 is 0 Å². The fourth-order valence-corrected chi connectivity index (χ4v) is 4.54. The summed E-state index contributed by atoms with van der Waals surface area (Å²) in [5.41, 5.74) is 5.47. The average Bonchev–Trinajstić information content (AvgIpc) is 3.19. The summed E-state index contributed by atoms with van der Waals surface area (Å²) in [4.78, 5) is 6.73. The van der Waals surface area contributed by atoms with Crippen LogP contribution in [0.2, 0.25) is 5.02 Å². The van der Waals surface area contributed by atoms with Crippen molar-refractivity contribution in [2.45, 2.75) is 25.9 Å². The number of ether oxygens (including phenoxy) is 1. The maximum atomic E-state index is 6.43. The van der Waals surface area contributed by atoms with E-state index in [1.165, 1.54) is 17.0 Å². The van der Waals surface area contributed by atoms with E-state index >= 15 is 0 Å². The molecule has 1 aromatic carbocycles. The summed E-state index contributed by atoms with van der Waals surface area (Å²) in [7, 11) is 3.69. The molecule has 3 aromatic rings. The van der Waals surface area contributed by atoms with Crippen LogP contribution < -0.4 is 15.0 Å². The van der Waals surface area contributed by atoms with Crippen molar-refractivity contribution >= 4 is 34.6 Å². The molecule has 1 aliphatic heterocycles. The van der Waals surface area contributed by atoms with E-state index in [-0.39, 0.29) is 12.1 Å². The number of benzene rings is 1. The number of rotatable bonds is 4. The van der Waals surface area contributed by atoms with Gasteiger partial charge in [0.05, 0.1) is 29.9 Å². The molecule has 4 rings (SSSR count). The lowest BCUT2D eigenvalue weighted by atomic mass is 9.96. The molecular formula is C22H23ClN4OS. The molecule has 1 aliphatic rings. The first kappa shape index (κ1) is 19.7. The Kier molecular flexibility index (Phi) is 5.23. The number of pyridine rings is 1. The second-order valence-corrected chi connectivity index (χ2v) is 7.99. The van der Waals surface area contributed by atoms with Gasteiger partial charge in [0, 0.05) is 30.3 Å². The molecule has 0 saturated carbocycles. The van der Waals surface area contributed by atoms with Crippen LogP contribution in [0.3, 0.4) is 0 Å². The highest BCUT2D eigenvalue weighted by Crippen LogP contribution is 2.44. The smallest absolute Gasteiger partial charge is 0.174 e. The largest absolute Gasteiger partial charge is 0.495 e. The highest BCUT2D eigenvalue weighted by Gasteiger charge is 2.42.